The first-order valence-corrected chi connectivity index (χ1v) is 18.4. The van der Waals surface area contributed by atoms with Gasteiger partial charge in [0.25, 0.3) is 0 Å². The van der Waals surface area contributed by atoms with Gasteiger partial charge in [0.1, 0.15) is 11.2 Å². The van der Waals surface area contributed by atoms with E-state index in [2.05, 4.69) is 164 Å². The summed E-state index contributed by atoms with van der Waals surface area (Å²) in [5.74, 6) is 0. The lowest BCUT2D eigenvalue weighted by atomic mass is 9.80. The summed E-state index contributed by atoms with van der Waals surface area (Å²) in [6, 6.07) is 56.3. The smallest absolute Gasteiger partial charge is 0.137 e. The Morgan fingerprint density at radius 1 is 0.537 bits per heavy atom. The van der Waals surface area contributed by atoms with Crippen LogP contribution >= 0.6 is 0 Å². The van der Waals surface area contributed by atoms with Crippen LogP contribution in [-0.2, 0) is 5.41 Å². The summed E-state index contributed by atoms with van der Waals surface area (Å²) < 4.78 is 2.16. The molecule has 0 atom stereocenters. The number of hydrogen-bond acceptors (Lipinski definition) is 3. The lowest BCUT2D eigenvalue weighted by molar-refractivity contribution is 0.660. The van der Waals surface area contributed by atoms with Crippen molar-refractivity contribution in [3.05, 3.63) is 175 Å². The Kier molecular flexibility index (Phi) is 6.33. The zero-order valence-corrected chi connectivity index (χ0v) is 29.8. The first-order valence-electron chi connectivity index (χ1n) is 18.4. The number of pyridine rings is 2. The number of aromatic nitrogens is 3. The van der Waals surface area contributed by atoms with Crippen molar-refractivity contribution >= 4 is 49.1 Å². The topological polar surface area (TPSA) is 54.0 Å². The molecule has 7 aromatic carbocycles. The summed E-state index contributed by atoms with van der Waals surface area (Å²) >= 11 is 0. The van der Waals surface area contributed by atoms with Crippen LogP contribution in [0.4, 0.5) is 0 Å². The van der Waals surface area contributed by atoms with Gasteiger partial charge >= 0.3 is 0 Å². The Bertz CT molecular complexity index is 3200. The molecule has 3 heterocycles. The van der Waals surface area contributed by atoms with Gasteiger partial charge in [-0.25, -0.2) is 9.97 Å². The summed E-state index contributed by atoms with van der Waals surface area (Å²) in [7, 11) is 0. The number of nitriles is 1. The van der Waals surface area contributed by atoms with E-state index >= 15 is 0 Å². The van der Waals surface area contributed by atoms with Crippen molar-refractivity contribution in [2.45, 2.75) is 19.3 Å². The van der Waals surface area contributed by atoms with E-state index in [1.54, 1.807) is 0 Å². The van der Waals surface area contributed by atoms with Crippen LogP contribution in [0.2, 0.25) is 0 Å². The predicted octanol–water partition coefficient (Wildman–Crippen LogP) is 12.5. The SMILES string of the molecule is CC1(C)c2cc(C#N)ccc2-c2ccc(-c3c4ccccc4c(-c4ccc5nc(-c6ccccc6)c6c(nc7ccccn76)c5c4)c4ccccc34)cc21. The third-order valence-corrected chi connectivity index (χ3v) is 11.6. The molecule has 1 aliphatic carbocycles. The maximum Gasteiger partial charge on any atom is 0.137 e. The molecule has 4 heteroatoms. The number of rotatable bonds is 3. The fourth-order valence-electron chi connectivity index (χ4n) is 9.07. The molecule has 0 spiro atoms. The van der Waals surface area contributed by atoms with Crippen LogP contribution in [0.15, 0.2) is 158 Å². The van der Waals surface area contributed by atoms with E-state index in [0.29, 0.717) is 5.56 Å². The maximum absolute atomic E-state index is 9.68. The highest BCUT2D eigenvalue weighted by molar-refractivity contribution is 6.22. The van der Waals surface area contributed by atoms with E-state index in [0.717, 1.165) is 44.4 Å². The molecule has 3 aromatic heterocycles. The molecule has 0 unspecified atom stereocenters. The van der Waals surface area contributed by atoms with Crippen LogP contribution in [0.25, 0.3) is 93.8 Å². The molecule has 0 N–H and O–H groups in total. The molecular formula is C50H32N4. The van der Waals surface area contributed by atoms with Gasteiger partial charge < -0.3 is 0 Å². The van der Waals surface area contributed by atoms with Crippen LogP contribution in [0.3, 0.4) is 0 Å². The van der Waals surface area contributed by atoms with E-state index in [-0.39, 0.29) is 5.41 Å². The number of hydrogen-bond donors (Lipinski definition) is 0. The zero-order chi connectivity index (χ0) is 36.1. The minimum absolute atomic E-state index is 0.234. The van der Waals surface area contributed by atoms with E-state index in [9.17, 15) is 5.26 Å². The third-order valence-electron chi connectivity index (χ3n) is 11.6. The lowest BCUT2D eigenvalue weighted by Gasteiger charge is -2.23. The predicted molar refractivity (Wildman–Crippen MR) is 222 cm³/mol. The van der Waals surface area contributed by atoms with E-state index in [4.69, 9.17) is 9.97 Å². The van der Waals surface area contributed by atoms with Crippen LogP contribution in [0.1, 0.15) is 30.5 Å². The maximum atomic E-state index is 9.68. The van der Waals surface area contributed by atoms with Crippen LogP contribution < -0.4 is 0 Å². The molecule has 0 aliphatic heterocycles. The highest BCUT2D eigenvalue weighted by Gasteiger charge is 2.36. The number of fused-ring (bicyclic) bond motifs is 10. The zero-order valence-electron chi connectivity index (χ0n) is 29.8. The molecule has 252 valence electrons. The van der Waals surface area contributed by atoms with Crippen molar-refractivity contribution < 1.29 is 0 Å². The Labute approximate surface area is 312 Å². The molecule has 10 aromatic rings. The van der Waals surface area contributed by atoms with Crippen molar-refractivity contribution in [3.8, 4) is 50.7 Å². The van der Waals surface area contributed by atoms with Gasteiger partial charge in [-0.2, -0.15) is 5.26 Å². The Hall–Kier alpha value is -7.09. The quantitative estimate of drug-likeness (QED) is 0.174. The van der Waals surface area contributed by atoms with Crippen LogP contribution in [0.5, 0.6) is 0 Å². The number of benzene rings is 7. The molecule has 0 amide bonds. The van der Waals surface area contributed by atoms with Crippen LogP contribution in [0, 0.1) is 11.3 Å². The second-order valence-corrected chi connectivity index (χ2v) is 14.9. The molecule has 54 heavy (non-hydrogen) atoms. The highest BCUT2D eigenvalue weighted by Crippen LogP contribution is 2.51. The van der Waals surface area contributed by atoms with Crippen molar-refractivity contribution in [3.63, 3.8) is 0 Å². The van der Waals surface area contributed by atoms with Gasteiger partial charge in [-0.1, -0.05) is 123 Å². The monoisotopic (exact) mass is 688 g/mol. The summed E-state index contributed by atoms with van der Waals surface area (Å²) in [5.41, 5.74) is 15.9. The second kappa shape index (κ2) is 11.2. The molecule has 0 fully saturated rings. The molecule has 1 aliphatic rings. The van der Waals surface area contributed by atoms with Gasteiger partial charge in [-0.15, -0.1) is 0 Å². The Morgan fingerprint density at radius 3 is 1.81 bits per heavy atom. The molecule has 11 rings (SSSR count). The Balaban J connectivity index is 1.16. The normalized spacial score (nSPS) is 13.1. The lowest BCUT2D eigenvalue weighted by Crippen LogP contribution is -2.15. The highest BCUT2D eigenvalue weighted by atomic mass is 15.0. The van der Waals surface area contributed by atoms with Gasteiger partial charge in [0.15, 0.2) is 0 Å². The Morgan fingerprint density at radius 2 is 1.13 bits per heavy atom. The van der Waals surface area contributed by atoms with Crippen molar-refractivity contribution in [2.75, 3.05) is 0 Å². The first-order chi connectivity index (χ1) is 26.5. The van der Waals surface area contributed by atoms with E-state index < -0.39 is 0 Å². The molecular weight excluding hydrogens is 657 g/mol. The van der Waals surface area contributed by atoms with E-state index in [1.807, 2.05) is 18.2 Å². The van der Waals surface area contributed by atoms with Crippen molar-refractivity contribution in [1.82, 2.24) is 14.4 Å². The largest absolute Gasteiger partial charge is 0.298 e. The van der Waals surface area contributed by atoms with Gasteiger partial charge in [-0.05, 0) is 109 Å². The molecule has 0 bridgehead atoms. The van der Waals surface area contributed by atoms with Gasteiger partial charge in [0, 0.05) is 22.6 Å². The first kappa shape index (κ1) is 30.5. The molecule has 4 nitrogen and oxygen atoms in total. The number of imidazole rings is 1. The van der Waals surface area contributed by atoms with Gasteiger partial charge in [-0.3, -0.25) is 4.40 Å². The summed E-state index contributed by atoms with van der Waals surface area (Å²) in [6.45, 7) is 4.55. The summed E-state index contributed by atoms with van der Waals surface area (Å²) in [6.07, 6.45) is 2.08. The van der Waals surface area contributed by atoms with Crippen LogP contribution in [-0.4, -0.2) is 14.4 Å². The van der Waals surface area contributed by atoms with Gasteiger partial charge in [0.2, 0.25) is 0 Å². The third kappa shape index (κ3) is 4.24. The standard InChI is InChI=1S/C50H32N4/c1-50(2)41-26-30(29-51)19-22-34(41)35-23-20-33(28-42(35)50)46-38-16-8-6-14-36(38)45(37-15-7-9-17-39(37)46)32-21-24-43-40(27-32)48-49(54-25-11-10-18-44(54)53-48)47(52-43)31-12-4-3-5-13-31/h3-28H,1-2H3. The number of nitrogens with zero attached hydrogens (tertiary/aromatic N) is 4. The molecule has 0 saturated carbocycles. The van der Waals surface area contributed by atoms with Gasteiger partial charge in [0.05, 0.1) is 28.4 Å². The fourth-order valence-corrected chi connectivity index (χ4v) is 9.07. The summed E-state index contributed by atoms with van der Waals surface area (Å²) in [5, 5.41) is 15.5. The fraction of sp³-hybridized carbons (Fsp3) is 0.0600. The average Bonchev–Trinajstić information content (AvgIpc) is 3.72. The van der Waals surface area contributed by atoms with E-state index in [1.165, 1.54) is 60.5 Å². The second-order valence-electron chi connectivity index (χ2n) is 14.9. The minimum Gasteiger partial charge on any atom is -0.298 e. The minimum atomic E-state index is -0.234. The molecule has 0 radical (unpaired) electrons. The summed E-state index contributed by atoms with van der Waals surface area (Å²) in [4.78, 5) is 10.5. The molecule has 0 saturated heterocycles. The van der Waals surface area contributed by atoms with Crippen molar-refractivity contribution in [2.24, 2.45) is 0 Å². The average molecular weight is 689 g/mol. The van der Waals surface area contributed by atoms with Crippen molar-refractivity contribution in [1.29, 1.82) is 5.26 Å².